The third-order valence-electron chi connectivity index (χ3n) is 4.92. The summed E-state index contributed by atoms with van der Waals surface area (Å²) in [6, 6.07) is 1.89. The molecular weight excluding hydrogens is 338 g/mol. The van der Waals surface area contributed by atoms with E-state index >= 15 is 0 Å². The molecule has 3 rings (SSSR count). The van der Waals surface area contributed by atoms with Crippen molar-refractivity contribution in [2.24, 2.45) is 5.41 Å². The number of carbonyl (C=O) groups is 3. The zero-order chi connectivity index (χ0) is 18.7. The number of nitrogens with zero attached hydrogens (tertiary/aromatic N) is 2. The maximum Gasteiger partial charge on any atom is 0.407 e. The number of piperidine rings is 1. The number of fused-ring (bicyclic) bond motifs is 1. The van der Waals surface area contributed by atoms with E-state index in [2.05, 4.69) is 10.3 Å². The molecule has 0 atom stereocenters. The van der Waals surface area contributed by atoms with Crippen molar-refractivity contribution >= 4 is 29.9 Å². The van der Waals surface area contributed by atoms with Gasteiger partial charge in [0.15, 0.2) is 0 Å². The van der Waals surface area contributed by atoms with Crippen LogP contribution in [0.25, 0.3) is 6.08 Å². The minimum atomic E-state index is -0.954. The number of amides is 2. The Morgan fingerprint density at radius 2 is 2.15 bits per heavy atom. The summed E-state index contributed by atoms with van der Waals surface area (Å²) in [5.74, 6) is 0.00275. The number of likely N-dealkylation sites (tertiary alicyclic amines) is 1. The maximum absolute atomic E-state index is 12.6. The summed E-state index contributed by atoms with van der Waals surface area (Å²) in [7, 11) is 0. The van der Waals surface area contributed by atoms with Crippen molar-refractivity contribution in [3.8, 4) is 0 Å². The molecule has 1 aromatic rings. The fourth-order valence-corrected chi connectivity index (χ4v) is 3.44. The summed E-state index contributed by atoms with van der Waals surface area (Å²) in [5.41, 5.74) is 1.02. The fourth-order valence-electron chi connectivity index (χ4n) is 3.44. The Bertz CT molecular complexity index is 766. The first kappa shape index (κ1) is 17.9. The van der Waals surface area contributed by atoms with Gasteiger partial charge in [-0.05, 0) is 49.5 Å². The molecule has 2 aliphatic heterocycles. The van der Waals surface area contributed by atoms with Gasteiger partial charge < -0.3 is 20.1 Å². The van der Waals surface area contributed by atoms with Crippen molar-refractivity contribution in [2.75, 3.05) is 25.0 Å². The van der Waals surface area contributed by atoms with Crippen LogP contribution in [0.2, 0.25) is 0 Å². The lowest BCUT2D eigenvalue weighted by Gasteiger charge is -2.42. The molecule has 0 aromatic carbocycles. The molecule has 8 heteroatoms. The SMILES string of the molecule is CCOC(=O)/C=C/c1cnc2c(c1)CC1(CCN(C(=O)O)CC1)C(=O)N2. The third kappa shape index (κ3) is 3.54. The van der Waals surface area contributed by atoms with Gasteiger partial charge in [-0.15, -0.1) is 0 Å². The Balaban J connectivity index is 1.78. The van der Waals surface area contributed by atoms with Gasteiger partial charge in [-0.2, -0.15) is 0 Å². The number of hydrogen-bond acceptors (Lipinski definition) is 5. The zero-order valence-corrected chi connectivity index (χ0v) is 14.5. The third-order valence-corrected chi connectivity index (χ3v) is 4.92. The second-order valence-corrected chi connectivity index (χ2v) is 6.54. The highest BCUT2D eigenvalue weighted by Crippen LogP contribution is 2.41. The first-order valence-corrected chi connectivity index (χ1v) is 8.56. The van der Waals surface area contributed by atoms with Gasteiger partial charge in [0.1, 0.15) is 5.82 Å². The molecule has 2 amide bonds. The van der Waals surface area contributed by atoms with Gasteiger partial charge in [0, 0.05) is 25.4 Å². The second kappa shape index (κ2) is 7.15. The quantitative estimate of drug-likeness (QED) is 0.630. The number of carboxylic acid groups (broad SMARTS) is 1. The lowest BCUT2D eigenvalue weighted by molar-refractivity contribution is -0.137. The molecule has 0 bridgehead atoms. The molecular formula is C18H21N3O5. The summed E-state index contributed by atoms with van der Waals surface area (Å²) in [6.07, 6.45) is 5.07. The van der Waals surface area contributed by atoms with Gasteiger partial charge in [0.05, 0.1) is 12.0 Å². The average molecular weight is 359 g/mol. The second-order valence-electron chi connectivity index (χ2n) is 6.54. The van der Waals surface area contributed by atoms with Crippen LogP contribution in [0.4, 0.5) is 10.6 Å². The molecule has 2 aliphatic rings. The Morgan fingerprint density at radius 1 is 1.42 bits per heavy atom. The predicted molar refractivity (Wildman–Crippen MR) is 93.5 cm³/mol. The van der Waals surface area contributed by atoms with E-state index in [0.717, 1.165) is 11.1 Å². The standard InChI is InChI=1S/C18H21N3O5/c1-2-26-14(22)4-3-12-9-13-10-18(16(23)20-15(13)19-11-12)5-7-21(8-6-18)17(24)25/h3-4,9,11H,2,5-8,10H2,1H3,(H,24,25)(H,19,20,23)/b4-3+. The van der Waals surface area contributed by atoms with Gasteiger partial charge in [-0.1, -0.05) is 0 Å². The summed E-state index contributed by atoms with van der Waals surface area (Å²) in [4.78, 5) is 40.7. The van der Waals surface area contributed by atoms with Crippen LogP contribution in [0.3, 0.4) is 0 Å². The molecule has 138 valence electrons. The fraction of sp³-hybridized carbons (Fsp3) is 0.444. The Hall–Kier alpha value is -2.90. The van der Waals surface area contributed by atoms with Crippen molar-refractivity contribution in [3.05, 3.63) is 29.5 Å². The van der Waals surface area contributed by atoms with Crippen LogP contribution in [-0.4, -0.2) is 52.7 Å². The number of anilines is 1. The molecule has 0 radical (unpaired) electrons. The molecule has 1 aromatic heterocycles. The van der Waals surface area contributed by atoms with E-state index in [1.54, 1.807) is 19.2 Å². The molecule has 3 heterocycles. The van der Waals surface area contributed by atoms with E-state index in [0.29, 0.717) is 44.8 Å². The van der Waals surface area contributed by atoms with E-state index in [4.69, 9.17) is 9.84 Å². The van der Waals surface area contributed by atoms with Crippen LogP contribution >= 0.6 is 0 Å². The van der Waals surface area contributed by atoms with Gasteiger partial charge in [-0.25, -0.2) is 14.6 Å². The molecule has 1 saturated heterocycles. The first-order valence-electron chi connectivity index (χ1n) is 8.56. The number of aromatic nitrogens is 1. The maximum atomic E-state index is 12.6. The van der Waals surface area contributed by atoms with Gasteiger partial charge in [-0.3, -0.25) is 4.79 Å². The van der Waals surface area contributed by atoms with Crippen LogP contribution in [0.15, 0.2) is 18.3 Å². The zero-order valence-electron chi connectivity index (χ0n) is 14.5. The van der Waals surface area contributed by atoms with E-state index in [1.165, 1.54) is 11.0 Å². The molecule has 1 fully saturated rings. The minimum Gasteiger partial charge on any atom is -0.465 e. The molecule has 1 spiro atoms. The smallest absolute Gasteiger partial charge is 0.407 e. The molecule has 0 saturated carbocycles. The number of esters is 1. The number of ether oxygens (including phenoxy) is 1. The number of nitrogens with one attached hydrogen (secondary N) is 1. The van der Waals surface area contributed by atoms with Gasteiger partial charge in [0.25, 0.3) is 0 Å². The van der Waals surface area contributed by atoms with E-state index < -0.39 is 17.5 Å². The Labute approximate surface area is 150 Å². The summed E-state index contributed by atoms with van der Waals surface area (Å²) in [6.45, 7) is 2.74. The van der Waals surface area contributed by atoms with Crippen molar-refractivity contribution in [2.45, 2.75) is 26.2 Å². The summed E-state index contributed by atoms with van der Waals surface area (Å²) < 4.78 is 4.85. The van der Waals surface area contributed by atoms with Gasteiger partial charge in [0.2, 0.25) is 5.91 Å². The molecule has 0 aliphatic carbocycles. The van der Waals surface area contributed by atoms with E-state index in [1.807, 2.05) is 6.07 Å². The number of rotatable bonds is 3. The monoisotopic (exact) mass is 359 g/mol. The Kier molecular flexibility index (Phi) is 4.92. The average Bonchev–Trinajstić information content (AvgIpc) is 2.62. The summed E-state index contributed by atoms with van der Waals surface area (Å²) >= 11 is 0. The normalized spacial score (nSPS) is 18.5. The molecule has 2 N–H and O–H groups in total. The number of hydrogen-bond donors (Lipinski definition) is 2. The van der Waals surface area contributed by atoms with E-state index in [-0.39, 0.29) is 5.91 Å². The van der Waals surface area contributed by atoms with Crippen molar-refractivity contribution in [3.63, 3.8) is 0 Å². The number of carbonyl (C=O) groups excluding carboxylic acids is 2. The van der Waals surface area contributed by atoms with Crippen molar-refractivity contribution < 1.29 is 24.2 Å². The summed E-state index contributed by atoms with van der Waals surface area (Å²) in [5, 5.41) is 11.9. The van der Waals surface area contributed by atoms with Crippen molar-refractivity contribution in [1.29, 1.82) is 0 Å². The van der Waals surface area contributed by atoms with Crippen LogP contribution in [0, 0.1) is 5.41 Å². The highest BCUT2D eigenvalue weighted by Gasteiger charge is 2.45. The highest BCUT2D eigenvalue weighted by molar-refractivity contribution is 5.98. The molecule has 0 unspecified atom stereocenters. The van der Waals surface area contributed by atoms with Crippen LogP contribution in [0.5, 0.6) is 0 Å². The highest BCUT2D eigenvalue weighted by atomic mass is 16.5. The van der Waals surface area contributed by atoms with Crippen LogP contribution < -0.4 is 5.32 Å². The van der Waals surface area contributed by atoms with Crippen LogP contribution in [-0.2, 0) is 20.7 Å². The predicted octanol–water partition coefficient (Wildman–Crippen LogP) is 1.91. The molecule has 8 nitrogen and oxygen atoms in total. The molecule has 26 heavy (non-hydrogen) atoms. The first-order chi connectivity index (χ1) is 12.4. The topological polar surface area (TPSA) is 109 Å². The Morgan fingerprint density at radius 3 is 2.81 bits per heavy atom. The van der Waals surface area contributed by atoms with E-state index in [9.17, 15) is 14.4 Å². The lowest BCUT2D eigenvalue weighted by Crippen LogP contribution is -2.51. The minimum absolute atomic E-state index is 0.0997. The number of pyridine rings is 1. The van der Waals surface area contributed by atoms with Gasteiger partial charge >= 0.3 is 12.1 Å². The largest absolute Gasteiger partial charge is 0.465 e. The van der Waals surface area contributed by atoms with Crippen LogP contribution in [0.1, 0.15) is 30.9 Å². The van der Waals surface area contributed by atoms with Crippen molar-refractivity contribution in [1.82, 2.24) is 9.88 Å². The lowest BCUT2D eigenvalue weighted by atomic mass is 9.71.